The highest BCUT2D eigenvalue weighted by atomic mass is 32.2. The number of hydrogen-bond acceptors (Lipinski definition) is 7. The van der Waals surface area contributed by atoms with Gasteiger partial charge < -0.3 is 9.64 Å². The lowest BCUT2D eigenvalue weighted by atomic mass is 10.00. The lowest BCUT2D eigenvalue weighted by molar-refractivity contribution is 0.0986. The Morgan fingerprint density at radius 3 is 2.81 bits per heavy atom. The number of ether oxygens (including phenoxy) is 1. The fourth-order valence-electron chi connectivity index (χ4n) is 4.07. The first-order valence-electron chi connectivity index (χ1n) is 10.4. The number of sulfone groups is 1. The first-order valence-corrected chi connectivity index (χ1v) is 12.3. The SMILES string of the molecule is CC1COCCN1c1cc(-c2cccc(S(C)(=O)=O)c2)c2ccnc(-c3cc[nH]n3)c2n1. The summed E-state index contributed by atoms with van der Waals surface area (Å²) in [4.78, 5) is 12.1. The van der Waals surface area contributed by atoms with Crippen LogP contribution in [0.1, 0.15) is 6.92 Å². The summed E-state index contributed by atoms with van der Waals surface area (Å²) in [6.45, 7) is 4.08. The molecule has 4 heterocycles. The number of hydrogen-bond donors (Lipinski definition) is 1. The van der Waals surface area contributed by atoms with Crippen molar-refractivity contribution in [2.45, 2.75) is 17.9 Å². The molecule has 3 aromatic heterocycles. The van der Waals surface area contributed by atoms with Crippen molar-refractivity contribution in [2.75, 3.05) is 30.9 Å². The van der Waals surface area contributed by atoms with Crippen LogP contribution in [0.3, 0.4) is 0 Å². The van der Waals surface area contributed by atoms with Gasteiger partial charge in [-0.1, -0.05) is 12.1 Å². The summed E-state index contributed by atoms with van der Waals surface area (Å²) >= 11 is 0. The van der Waals surface area contributed by atoms with Gasteiger partial charge >= 0.3 is 0 Å². The maximum absolute atomic E-state index is 12.2. The molecule has 5 rings (SSSR count). The van der Waals surface area contributed by atoms with Gasteiger partial charge in [0.1, 0.15) is 22.7 Å². The van der Waals surface area contributed by atoms with Crippen LogP contribution in [0.5, 0.6) is 0 Å². The van der Waals surface area contributed by atoms with E-state index in [1.807, 2.05) is 24.3 Å². The summed E-state index contributed by atoms with van der Waals surface area (Å²) < 4.78 is 30.0. The molecule has 0 saturated carbocycles. The predicted molar refractivity (Wildman–Crippen MR) is 123 cm³/mol. The first-order chi connectivity index (χ1) is 15.4. The van der Waals surface area contributed by atoms with Crippen LogP contribution in [0.2, 0.25) is 0 Å². The molecule has 0 bridgehead atoms. The molecule has 1 saturated heterocycles. The molecule has 164 valence electrons. The number of aromatic nitrogens is 4. The first kappa shape index (κ1) is 20.6. The van der Waals surface area contributed by atoms with Gasteiger partial charge in [-0.3, -0.25) is 10.1 Å². The van der Waals surface area contributed by atoms with Crippen LogP contribution in [0.15, 0.2) is 59.8 Å². The van der Waals surface area contributed by atoms with E-state index in [1.54, 1.807) is 30.6 Å². The average molecular weight is 450 g/mol. The van der Waals surface area contributed by atoms with Gasteiger partial charge in [0.05, 0.1) is 24.2 Å². The fraction of sp³-hybridized carbons (Fsp3) is 0.261. The van der Waals surface area contributed by atoms with Crippen LogP contribution in [0, 0.1) is 0 Å². The Bertz CT molecular complexity index is 1390. The quantitative estimate of drug-likeness (QED) is 0.510. The van der Waals surface area contributed by atoms with Crippen molar-refractivity contribution in [3.8, 4) is 22.5 Å². The smallest absolute Gasteiger partial charge is 0.175 e. The van der Waals surface area contributed by atoms with Gasteiger partial charge in [0.15, 0.2) is 9.84 Å². The zero-order valence-corrected chi connectivity index (χ0v) is 18.6. The molecule has 1 unspecified atom stereocenters. The summed E-state index contributed by atoms with van der Waals surface area (Å²) in [5.41, 5.74) is 3.80. The molecule has 1 N–H and O–H groups in total. The van der Waals surface area contributed by atoms with E-state index in [0.717, 1.165) is 34.4 Å². The lowest BCUT2D eigenvalue weighted by Crippen LogP contribution is -2.44. The summed E-state index contributed by atoms with van der Waals surface area (Å²) in [6, 6.07) is 13.0. The van der Waals surface area contributed by atoms with Crippen molar-refractivity contribution in [3.63, 3.8) is 0 Å². The summed E-state index contributed by atoms with van der Waals surface area (Å²) in [5.74, 6) is 0.804. The number of nitrogens with one attached hydrogen (secondary N) is 1. The molecule has 1 fully saturated rings. The largest absolute Gasteiger partial charge is 0.377 e. The maximum Gasteiger partial charge on any atom is 0.175 e. The van der Waals surface area contributed by atoms with Gasteiger partial charge in [0.2, 0.25) is 0 Å². The van der Waals surface area contributed by atoms with E-state index >= 15 is 0 Å². The van der Waals surface area contributed by atoms with Gasteiger partial charge in [0, 0.05) is 30.6 Å². The Kier molecular flexibility index (Phi) is 5.15. The molecule has 1 atom stereocenters. The number of morpholine rings is 1. The molecule has 0 aliphatic carbocycles. The molecular weight excluding hydrogens is 426 g/mol. The van der Waals surface area contributed by atoms with Gasteiger partial charge in [-0.05, 0) is 48.4 Å². The number of pyridine rings is 2. The number of rotatable bonds is 4. The van der Waals surface area contributed by atoms with Crippen molar-refractivity contribution < 1.29 is 13.2 Å². The Balaban J connectivity index is 1.79. The van der Waals surface area contributed by atoms with Gasteiger partial charge in [-0.2, -0.15) is 5.10 Å². The number of aromatic amines is 1. The highest BCUT2D eigenvalue weighted by Gasteiger charge is 2.23. The fourth-order valence-corrected chi connectivity index (χ4v) is 4.73. The zero-order chi connectivity index (χ0) is 22.3. The minimum Gasteiger partial charge on any atom is -0.377 e. The van der Waals surface area contributed by atoms with E-state index in [-0.39, 0.29) is 10.9 Å². The summed E-state index contributed by atoms with van der Waals surface area (Å²) in [5, 5.41) is 8.02. The molecular formula is C23H23N5O3S. The minimum absolute atomic E-state index is 0.161. The second-order valence-corrected chi connectivity index (χ2v) is 9.98. The summed E-state index contributed by atoms with van der Waals surface area (Å²) in [6.07, 6.45) is 4.70. The molecule has 0 radical (unpaired) electrons. The zero-order valence-electron chi connectivity index (χ0n) is 17.8. The third-order valence-electron chi connectivity index (χ3n) is 5.69. The van der Waals surface area contributed by atoms with Crippen LogP contribution >= 0.6 is 0 Å². The van der Waals surface area contributed by atoms with E-state index in [0.29, 0.717) is 24.6 Å². The van der Waals surface area contributed by atoms with E-state index < -0.39 is 9.84 Å². The van der Waals surface area contributed by atoms with Crippen LogP contribution in [0.4, 0.5) is 5.82 Å². The second-order valence-electron chi connectivity index (χ2n) is 7.96. The Morgan fingerprint density at radius 1 is 1.19 bits per heavy atom. The highest BCUT2D eigenvalue weighted by Crippen LogP contribution is 2.36. The molecule has 0 spiro atoms. The van der Waals surface area contributed by atoms with Gasteiger partial charge in [-0.15, -0.1) is 0 Å². The number of anilines is 1. The maximum atomic E-state index is 12.2. The summed E-state index contributed by atoms with van der Waals surface area (Å²) in [7, 11) is -3.34. The highest BCUT2D eigenvalue weighted by molar-refractivity contribution is 7.90. The molecule has 1 aliphatic heterocycles. The van der Waals surface area contributed by atoms with Crippen LogP contribution < -0.4 is 4.90 Å². The van der Waals surface area contributed by atoms with Crippen molar-refractivity contribution >= 4 is 26.6 Å². The van der Waals surface area contributed by atoms with Crippen LogP contribution in [-0.2, 0) is 14.6 Å². The normalized spacial score (nSPS) is 17.1. The lowest BCUT2D eigenvalue weighted by Gasteiger charge is -2.34. The number of fused-ring (bicyclic) bond motifs is 1. The van der Waals surface area contributed by atoms with E-state index in [4.69, 9.17) is 9.72 Å². The molecule has 1 aromatic carbocycles. The second kappa shape index (κ2) is 7.99. The average Bonchev–Trinajstić information content (AvgIpc) is 3.32. The monoisotopic (exact) mass is 449 g/mol. The van der Waals surface area contributed by atoms with Gasteiger partial charge in [0.25, 0.3) is 0 Å². The Labute approximate surface area is 186 Å². The van der Waals surface area contributed by atoms with Crippen molar-refractivity contribution in [1.29, 1.82) is 0 Å². The van der Waals surface area contributed by atoms with E-state index in [2.05, 4.69) is 27.0 Å². The van der Waals surface area contributed by atoms with Crippen molar-refractivity contribution in [1.82, 2.24) is 20.2 Å². The molecule has 0 amide bonds. The third kappa shape index (κ3) is 3.74. The third-order valence-corrected chi connectivity index (χ3v) is 6.80. The Morgan fingerprint density at radius 2 is 2.06 bits per heavy atom. The van der Waals surface area contributed by atoms with Crippen molar-refractivity contribution in [2.24, 2.45) is 0 Å². The standard InChI is InChI=1S/C23H23N5O3S/c1-15-14-31-11-10-28(15)21-13-19(16-4-3-5-17(12-16)32(2,29)30)18-6-8-24-23(22(18)26-21)20-7-9-25-27-20/h3-9,12-13,15H,10-11,14H2,1-2H3,(H,25,27). The number of nitrogens with zero attached hydrogens (tertiary/aromatic N) is 4. The minimum atomic E-state index is -3.34. The van der Waals surface area contributed by atoms with Crippen LogP contribution in [-0.4, -0.2) is 60.6 Å². The predicted octanol–water partition coefficient (Wildman–Crippen LogP) is 3.32. The molecule has 9 heteroatoms. The van der Waals surface area contributed by atoms with Crippen LogP contribution in [0.25, 0.3) is 33.4 Å². The topological polar surface area (TPSA) is 101 Å². The van der Waals surface area contributed by atoms with Crippen molar-refractivity contribution in [3.05, 3.63) is 54.9 Å². The van der Waals surface area contributed by atoms with E-state index in [1.165, 1.54) is 6.26 Å². The van der Waals surface area contributed by atoms with E-state index in [9.17, 15) is 8.42 Å². The molecule has 1 aliphatic rings. The molecule has 8 nitrogen and oxygen atoms in total. The Hall–Kier alpha value is -3.30. The molecule has 4 aromatic rings. The number of benzene rings is 1. The van der Waals surface area contributed by atoms with Gasteiger partial charge in [-0.25, -0.2) is 13.4 Å². The number of H-pyrrole nitrogens is 1. The molecule has 32 heavy (non-hydrogen) atoms.